The number of halogens is 1. The van der Waals surface area contributed by atoms with Crippen LogP contribution in [0.2, 0.25) is 0 Å². The van der Waals surface area contributed by atoms with Crippen molar-refractivity contribution in [3.05, 3.63) is 33.4 Å². The van der Waals surface area contributed by atoms with Crippen molar-refractivity contribution >= 4 is 27.7 Å². The largest absolute Gasteiger partial charge is 0.504 e. The fourth-order valence-corrected chi connectivity index (χ4v) is 5.52. The van der Waals surface area contributed by atoms with Gasteiger partial charge >= 0.3 is 0 Å². The van der Waals surface area contributed by atoms with Crippen LogP contribution in [0.5, 0.6) is 11.5 Å². The van der Waals surface area contributed by atoms with Gasteiger partial charge in [0.05, 0.1) is 12.8 Å². The van der Waals surface area contributed by atoms with E-state index in [1.807, 2.05) is 6.07 Å². The molecule has 0 amide bonds. The lowest BCUT2D eigenvalue weighted by molar-refractivity contribution is 0.322. The number of phenols is 1. The highest BCUT2D eigenvalue weighted by Crippen LogP contribution is 2.34. The van der Waals surface area contributed by atoms with E-state index in [4.69, 9.17) is 14.7 Å². The van der Waals surface area contributed by atoms with E-state index >= 15 is 0 Å². The minimum Gasteiger partial charge on any atom is -0.504 e. The highest BCUT2D eigenvalue weighted by molar-refractivity contribution is 9.10. The van der Waals surface area contributed by atoms with Gasteiger partial charge in [0.15, 0.2) is 11.5 Å². The summed E-state index contributed by atoms with van der Waals surface area (Å²) in [7, 11) is 5.72. The third-order valence-corrected chi connectivity index (χ3v) is 7.31. The number of nitrogens with one attached hydrogen (secondary N) is 2. The first-order chi connectivity index (χ1) is 15.9. The van der Waals surface area contributed by atoms with E-state index in [1.165, 1.54) is 36.9 Å². The molecule has 0 bridgehead atoms. The Morgan fingerprint density at radius 1 is 1.12 bits per heavy atom. The van der Waals surface area contributed by atoms with Crippen LogP contribution in [0.15, 0.2) is 16.6 Å². The maximum absolute atomic E-state index is 10.3. The zero-order valence-electron chi connectivity index (χ0n) is 20.0. The minimum atomic E-state index is 0.211. The molecule has 4 rings (SSSR count). The summed E-state index contributed by atoms with van der Waals surface area (Å²) in [6.07, 6.45) is 9.19. The fraction of sp³-hybridized carbons (Fsp3) is 0.600. The second kappa shape index (κ2) is 10.9. The number of aromatic hydroxyl groups is 1. The van der Waals surface area contributed by atoms with Gasteiger partial charge in [-0.3, -0.25) is 0 Å². The third kappa shape index (κ3) is 5.90. The summed E-state index contributed by atoms with van der Waals surface area (Å²) in [5.41, 5.74) is 3.41. The molecular weight excluding hydrogens is 482 g/mol. The van der Waals surface area contributed by atoms with Crippen molar-refractivity contribution in [1.82, 2.24) is 15.3 Å². The van der Waals surface area contributed by atoms with Gasteiger partial charge < -0.3 is 25.4 Å². The molecule has 0 spiro atoms. The number of benzene rings is 1. The topological polar surface area (TPSA) is 82.5 Å². The van der Waals surface area contributed by atoms with Crippen LogP contribution in [0.3, 0.4) is 0 Å². The van der Waals surface area contributed by atoms with Gasteiger partial charge in [0.2, 0.25) is 5.95 Å². The van der Waals surface area contributed by atoms with Gasteiger partial charge in [-0.2, -0.15) is 4.98 Å². The van der Waals surface area contributed by atoms with Crippen molar-refractivity contribution in [2.75, 3.05) is 38.0 Å². The molecule has 7 nitrogen and oxygen atoms in total. The number of ether oxygens (including phenoxy) is 1. The lowest BCUT2D eigenvalue weighted by atomic mass is 9.86. The minimum absolute atomic E-state index is 0.211. The average Bonchev–Trinajstić information content (AvgIpc) is 2.81. The number of phenolic OH excluding ortho intramolecular Hbond substituents is 1. The SMILES string of the molecule is COc1cc(Br)cc(CNC[C@H]2CC[C@@H](Nc3nc4c(c(N(C)C)n3)CCCC4)CC2)c1O. The Hall–Kier alpha value is -2.06. The van der Waals surface area contributed by atoms with E-state index in [0.717, 1.165) is 54.0 Å². The first-order valence-electron chi connectivity index (χ1n) is 12.0. The number of fused-ring (bicyclic) bond motifs is 1. The Bertz CT molecular complexity index is 960. The second-order valence-corrected chi connectivity index (χ2v) is 10.4. The summed E-state index contributed by atoms with van der Waals surface area (Å²) < 4.78 is 6.15. The first-order valence-corrected chi connectivity index (χ1v) is 12.8. The Morgan fingerprint density at radius 3 is 2.61 bits per heavy atom. The van der Waals surface area contributed by atoms with Gasteiger partial charge in [0.1, 0.15) is 5.82 Å². The number of rotatable bonds is 8. The number of aryl methyl sites for hydroxylation is 1. The summed E-state index contributed by atoms with van der Waals surface area (Å²) in [6, 6.07) is 4.14. The lowest BCUT2D eigenvalue weighted by Gasteiger charge is -2.30. The number of hydrogen-bond acceptors (Lipinski definition) is 7. The number of aromatic nitrogens is 2. The number of nitrogens with zero attached hydrogens (tertiary/aromatic N) is 3. The average molecular weight is 519 g/mol. The van der Waals surface area contributed by atoms with E-state index < -0.39 is 0 Å². The predicted molar refractivity (Wildman–Crippen MR) is 136 cm³/mol. The summed E-state index contributed by atoms with van der Waals surface area (Å²) >= 11 is 3.48. The number of anilines is 2. The van der Waals surface area contributed by atoms with Gasteiger partial charge in [-0.15, -0.1) is 0 Å². The molecule has 0 atom stereocenters. The monoisotopic (exact) mass is 517 g/mol. The van der Waals surface area contributed by atoms with E-state index in [-0.39, 0.29) is 5.75 Å². The summed E-state index contributed by atoms with van der Waals surface area (Å²) in [5.74, 6) is 3.21. The molecule has 3 N–H and O–H groups in total. The molecule has 1 aromatic carbocycles. The smallest absolute Gasteiger partial charge is 0.225 e. The second-order valence-electron chi connectivity index (χ2n) is 9.51. The van der Waals surface area contributed by atoms with Crippen LogP contribution in [0.4, 0.5) is 11.8 Å². The van der Waals surface area contributed by atoms with Crippen LogP contribution in [0.25, 0.3) is 0 Å². The van der Waals surface area contributed by atoms with Crippen molar-refractivity contribution in [2.45, 2.75) is 64.0 Å². The van der Waals surface area contributed by atoms with E-state index in [2.05, 4.69) is 45.6 Å². The first kappa shape index (κ1) is 24.1. The normalized spacial score (nSPS) is 20.2. The predicted octanol–water partition coefficient (Wildman–Crippen LogP) is 4.66. The highest BCUT2D eigenvalue weighted by Gasteiger charge is 2.24. The van der Waals surface area contributed by atoms with Crippen molar-refractivity contribution in [3.8, 4) is 11.5 Å². The van der Waals surface area contributed by atoms with Gasteiger partial charge in [-0.25, -0.2) is 4.98 Å². The van der Waals surface area contributed by atoms with Crippen LogP contribution in [-0.4, -0.2) is 48.9 Å². The van der Waals surface area contributed by atoms with Crippen molar-refractivity contribution in [3.63, 3.8) is 0 Å². The molecule has 1 fully saturated rings. The lowest BCUT2D eigenvalue weighted by Crippen LogP contribution is -2.32. The number of hydrogen-bond donors (Lipinski definition) is 3. The van der Waals surface area contributed by atoms with Crippen molar-refractivity contribution < 1.29 is 9.84 Å². The molecule has 33 heavy (non-hydrogen) atoms. The molecule has 1 saturated carbocycles. The summed E-state index contributed by atoms with van der Waals surface area (Å²) in [4.78, 5) is 11.9. The van der Waals surface area contributed by atoms with Crippen LogP contribution < -0.4 is 20.3 Å². The molecule has 1 heterocycles. The molecule has 2 aromatic rings. The Balaban J connectivity index is 1.28. The maximum Gasteiger partial charge on any atom is 0.225 e. The Kier molecular flexibility index (Phi) is 7.96. The third-order valence-electron chi connectivity index (χ3n) is 6.85. The van der Waals surface area contributed by atoms with Gasteiger partial charge in [0, 0.05) is 42.3 Å². The van der Waals surface area contributed by atoms with Crippen LogP contribution in [0, 0.1) is 5.92 Å². The van der Waals surface area contributed by atoms with Crippen LogP contribution in [0.1, 0.15) is 55.3 Å². The molecule has 2 aliphatic carbocycles. The van der Waals surface area contributed by atoms with Crippen molar-refractivity contribution in [1.29, 1.82) is 0 Å². The fourth-order valence-electron chi connectivity index (χ4n) is 5.03. The van der Waals surface area contributed by atoms with E-state index in [0.29, 0.717) is 24.3 Å². The van der Waals surface area contributed by atoms with E-state index in [1.54, 1.807) is 13.2 Å². The molecule has 0 unspecified atom stereocenters. The zero-order chi connectivity index (χ0) is 23.4. The van der Waals surface area contributed by atoms with Gasteiger partial charge in [0.25, 0.3) is 0 Å². The Labute approximate surface area is 205 Å². The molecule has 0 aliphatic heterocycles. The molecule has 0 radical (unpaired) electrons. The maximum atomic E-state index is 10.3. The summed E-state index contributed by atoms with van der Waals surface area (Å²) in [6.45, 7) is 1.57. The van der Waals surface area contributed by atoms with Gasteiger partial charge in [-0.05, 0) is 76.0 Å². The molecule has 0 saturated heterocycles. The number of methoxy groups -OCH3 is 1. The quantitative estimate of drug-likeness (QED) is 0.469. The molecule has 180 valence electrons. The molecule has 2 aliphatic rings. The molecule has 1 aromatic heterocycles. The molecule has 8 heteroatoms. The van der Waals surface area contributed by atoms with E-state index in [9.17, 15) is 5.11 Å². The standard InChI is InChI=1S/C25H36BrN5O2/c1-31(2)24-20-6-4-5-7-21(20)29-25(30-24)28-19-10-8-16(9-11-19)14-27-15-17-12-18(26)13-22(33-3)23(17)32/h12-13,16,19,27,32H,4-11,14-15H2,1-3H3,(H,28,29,30)/t16-,19+. The van der Waals surface area contributed by atoms with Gasteiger partial charge in [-0.1, -0.05) is 15.9 Å². The van der Waals surface area contributed by atoms with Crippen LogP contribution in [-0.2, 0) is 19.4 Å². The van der Waals surface area contributed by atoms with Crippen LogP contribution >= 0.6 is 15.9 Å². The zero-order valence-corrected chi connectivity index (χ0v) is 21.5. The van der Waals surface area contributed by atoms with Crippen molar-refractivity contribution in [2.24, 2.45) is 5.92 Å². The highest BCUT2D eigenvalue weighted by atomic mass is 79.9. The molecular formula is C25H36BrN5O2. The Morgan fingerprint density at radius 2 is 1.88 bits per heavy atom. The summed E-state index contributed by atoms with van der Waals surface area (Å²) in [5, 5.41) is 17.5.